The molecule has 1 fully saturated rings. The van der Waals surface area contributed by atoms with Crippen LogP contribution in [0.15, 0.2) is 18.2 Å². The zero-order valence-corrected chi connectivity index (χ0v) is 10.2. The van der Waals surface area contributed by atoms with Gasteiger partial charge in [-0.1, -0.05) is 19.3 Å². The number of likely N-dealkylation sites (N-methyl/N-ethyl adjacent to an activating group) is 1. The van der Waals surface area contributed by atoms with Crippen molar-refractivity contribution in [1.29, 1.82) is 0 Å². The minimum Gasteiger partial charge on any atom is -0.316 e. The Morgan fingerprint density at radius 2 is 1.65 bits per heavy atom. The molecule has 94 valence electrons. The van der Waals surface area contributed by atoms with Crippen LogP contribution in [0.3, 0.4) is 0 Å². The van der Waals surface area contributed by atoms with E-state index < -0.39 is 11.6 Å². The molecule has 1 aromatic rings. The highest BCUT2D eigenvalue weighted by molar-refractivity contribution is 5.23. The van der Waals surface area contributed by atoms with Crippen molar-refractivity contribution in [3.05, 3.63) is 35.4 Å². The summed E-state index contributed by atoms with van der Waals surface area (Å²) in [5.41, 5.74) is 0.795. The van der Waals surface area contributed by atoms with Crippen LogP contribution in [-0.2, 0) is 0 Å². The standard InChI is InChI=1S/C14H19F2N/c1-17-14-6-4-2-3-5-13(14)10-7-11(15)9-12(16)8-10/h7-9,13-14,17H,2-6H2,1H3. The van der Waals surface area contributed by atoms with Gasteiger partial charge in [0.1, 0.15) is 11.6 Å². The van der Waals surface area contributed by atoms with E-state index in [1.807, 2.05) is 7.05 Å². The summed E-state index contributed by atoms with van der Waals surface area (Å²) < 4.78 is 26.5. The molecule has 0 amide bonds. The third kappa shape index (κ3) is 3.03. The predicted octanol–water partition coefficient (Wildman–Crippen LogP) is 3.60. The average Bonchev–Trinajstić information content (AvgIpc) is 2.52. The Labute approximate surface area is 101 Å². The fourth-order valence-electron chi connectivity index (χ4n) is 2.84. The summed E-state index contributed by atoms with van der Waals surface area (Å²) in [6.07, 6.45) is 5.64. The van der Waals surface area contributed by atoms with Crippen LogP contribution in [0.25, 0.3) is 0 Å². The van der Waals surface area contributed by atoms with Crippen LogP contribution in [0.2, 0.25) is 0 Å². The van der Waals surface area contributed by atoms with Gasteiger partial charge in [-0.3, -0.25) is 0 Å². The van der Waals surface area contributed by atoms with Gasteiger partial charge in [-0.25, -0.2) is 8.78 Å². The van der Waals surface area contributed by atoms with Gasteiger partial charge in [-0.2, -0.15) is 0 Å². The molecule has 0 aliphatic heterocycles. The first-order chi connectivity index (χ1) is 8.20. The van der Waals surface area contributed by atoms with Gasteiger partial charge in [0, 0.05) is 12.1 Å². The Balaban J connectivity index is 2.27. The molecule has 1 aromatic carbocycles. The van der Waals surface area contributed by atoms with Crippen LogP contribution in [0, 0.1) is 11.6 Å². The van der Waals surface area contributed by atoms with Crippen molar-refractivity contribution in [1.82, 2.24) is 5.32 Å². The monoisotopic (exact) mass is 239 g/mol. The molecule has 0 spiro atoms. The van der Waals surface area contributed by atoms with Crippen molar-refractivity contribution < 1.29 is 8.78 Å². The maximum atomic E-state index is 13.3. The van der Waals surface area contributed by atoms with Crippen LogP contribution in [0.4, 0.5) is 8.78 Å². The summed E-state index contributed by atoms with van der Waals surface area (Å²) >= 11 is 0. The van der Waals surface area contributed by atoms with Crippen molar-refractivity contribution in [2.75, 3.05) is 7.05 Å². The van der Waals surface area contributed by atoms with E-state index in [1.165, 1.54) is 25.0 Å². The molecule has 1 N–H and O–H groups in total. The summed E-state index contributed by atoms with van der Waals surface area (Å²) in [5.74, 6) is -0.717. The van der Waals surface area contributed by atoms with Gasteiger partial charge in [0.05, 0.1) is 0 Å². The molecule has 2 rings (SSSR count). The van der Waals surface area contributed by atoms with E-state index >= 15 is 0 Å². The molecule has 0 aromatic heterocycles. The zero-order valence-electron chi connectivity index (χ0n) is 10.2. The minimum absolute atomic E-state index is 0.229. The maximum Gasteiger partial charge on any atom is 0.126 e. The normalized spacial score (nSPS) is 25.6. The zero-order chi connectivity index (χ0) is 12.3. The number of hydrogen-bond donors (Lipinski definition) is 1. The van der Waals surface area contributed by atoms with Gasteiger partial charge in [0.25, 0.3) is 0 Å². The molecule has 2 atom stereocenters. The Hall–Kier alpha value is -0.960. The first kappa shape index (κ1) is 12.5. The highest BCUT2D eigenvalue weighted by Crippen LogP contribution is 2.32. The predicted molar refractivity (Wildman–Crippen MR) is 65.0 cm³/mol. The van der Waals surface area contributed by atoms with E-state index in [-0.39, 0.29) is 5.92 Å². The van der Waals surface area contributed by atoms with Crippen LogP contribution in [0.1, 0.15) is 43.6 Å². The van der Waals surface area contributed by atoms with E-state index in [9.17, 15) is 8.78 Å². The van der Waals surface area contributed by atoms with Gasteiger partial charge >= 0.3 is 0 Å². The van der Waals surface area contributed by atoms with Gasteiger partial charge in [0.2, 0.25) is 0 Å². The molecule has 1 aliphatic rings. The van der Waals surface area contributed by atoms with Crippen LogP contribution in [-0.4, -0.2) is 13.1 Å². The second kappa shape index (κ2) is 5.58. The number of nitrogens with one attached hydrogen (secondary N) is 1. The molecule has 0 bridgehead atoms. The summed E-state index contributed by atoms with van der Waals surface area (Å²) in [7, 11) is 1.93. The molecule has 0 saturated heterocycles. The molecule has 1 nitrogen and oxygen atoms in total. The number of halogens is 2. The second-order valence-electron chi connectivity index (χ2n) is 4.84. The molecule has 1 aliphatic carbocycles. The molecular formula is C14H19F2N. The third-order valence-corrected chi connectivity index (χ3v) is 3.70. The minimum atomic E-state index is -0.473. The highest BCUT2D eigenvalue weighted by Gasteiger charge is 2.24. The van der Waals surface area contributed by atoms with Crippen molar-refractivity contribution in [3.63, 3.8) is 0 Å². The number of rotatable bonds is 2. The van der Waals surface area contributed by atoms with E-state index in [0.717, 1.165) is 30.9 Å². The van der Waals surface area contributed by atoms with Gasteiger partial charge in [0.15, 0.2) is 0 Å². The van der Waals surface area contributed by atoms with Crippen molar-refractivity contribution >= 4 is 0 Å². The topological polar surface area (TPSA) is 12.0 Å². The largest absolute Gasteiger partial charge is 0.316 e. The van der Waals surface area contributed by atoms with Crippen LogP contribution in [0.5, 0.6) is 0 Å². The lowest BCUT2D eigenvalue weighted by molar-refractivity contribution is 0.435. The Morgan fingerprint density at radius 1 is 1.00 bits per heavy atom. The van der Waals surface area contributed by atoms with Crippen LogP contribution < -0.4 is 5.32 Å². The van der Waals surface area contributed by atoms with Gasteiger partial charge < -0.3 is 5.32 Å². The molecule has 2 unspecified atom stereocenters. The van der Waals surface area contributed by atoms with Crippen molar-refractivity contribution in [2.24, 2.45) is 0 Å². The average molecular weight is 239 g/mol. The Morgan fingerprint density at radius 3 is 2.29 bits per heavy atom. The summed E-state index contributed by atoms with van der Waals surface area (Å²) in [5, 5.41) is 3.29. The first-order valence-corrected chi connectivity index (χ1v) is 6.34. The second-order valence-corrected chi connectivity index (χ2v) is 4.84. The van der Waals surface area contributed by atoms with E-state index in [2.05, 4.69) is 5.32 Å². The van der Waals surface area contributed by atoms with E-state index in [1.54, 1.807) is 0 Å². The highest BCUT2D eigenvalue weighted by atomic mass is 19.1. The number of hydrogen-bond acceptors (Lipinski definition) is 1. The molecule has 1 saturated carbocycles. The first-order valence-electron chi connectivity index (χ1n) is 6.34. The summed E-state index contributed by atoms with van der Waals surface area (Å²) in [4.78, 5) is 0. The van der Waals surface area contributed by atoms with Crippen molar-refractivity contribution in [2.45, 2.75) is 44.1 Å². The molecule has 3 heteroatoms. The fraction of sp³-hybridized carbons (Fsp3) is 0.571. The molecule has 0 heterocycles. The lowest BCUT2D eigenvalue weighted by atomic mass is 9.87. The summed E-state index contributed by atoms with van der Waals surface area (Å²) in [6.45, 7) is 0. The van der Waals surface area contributed by atoms with Crippen molar-refractivity contribution in [3.8, 4) is 0 Å². The molecular weight excluding hydrogens is 220 g/mol. The number of benzene rings is 1. The third-order valence-electron chi connectivity index (χ3n) is 3.70. The fourth-order valence-corrected chi connectivity index (χ4v) is 2.84. The Kier molecular flexibility index (Phi) is 4.11. The SMILES string of the molecule is CNC1CCCCCC1c1cc(F)cc(F)c1. The van der Waals surface area contributed by atoms with E-state index in [4.69, 9.17) is 0 Å². The smallest absolute Gasteiger partial charge is 0.126 e. The van der Waals surface area contributed by atoms with Gasteiger partial charge in [-0.05, 0) is 43.5 Å². The maximum absolute atomic E-state index is 13.3. The molecule has 0 radical (unpaired) electrons. The van der Waals surface area contributed by atoms with Gasteiger partial charge in [-0.15, -0.1) is 0 Å². The van der Waals surface area contributed by atoms with Crippen LogP contribution >= 0.6 is 0 Å². The lowest BCUT2D eigenvalue weighted by Gasteiger charge is -2.25. The lowest BCUT2D eigenvalue weighted by Crippen LogP contribution is -2.31. The van der Waals surface area contributed by atoms with E-state index in [0.29, 0.717) is 6.04 Å². The summed E-state index contributed by atoms with van der Waals surface area (Å²) in [6, 6.07) is 4.22. The quantitative estimate of drug-likeness (QED) is 0.777. The Bertz CT molecular complexity index is 358. The molecule has 17 heavy (non-hydrogen) atoms.